The summed E-state index contributed by atoms with van der Waals surface area (Å²) in [5, 5.41) is 52.3. The van der Waals surface area contributed by atoms with Gasteiger partial charge in [-0.3, -0.25) is 77.3 Å². The average molecular weight is 1560 g/mol. The largest absolute Gasteiger partial charge is 0.481 e. The molecule has 26 N–H and O–H groups in total. The van der Waals surface area contributed by atoms with Crippen LogP contribution in [0.25, 0.3) is 21.8 Å². The molecule has 0 unspecified atom stereocenters. The number of aliphatic carboxylic acids is 1. The van der Waals surface area contributed by atoms with E-state index < -0.39 is 205 Å². The van der Waals surface area contributed by atoms with Crippen LogP contribution in [0.3, 0.4) is 0 Å². The lowest BCUT2D eigenvalue weighted by Gasteiger charge is -2.30. The third-order valence-corrected chi connectivity index (χ3v) is 19.7. The number of nitrogens with zero attached hydrogens (tertiary/aromatic N) is 1. The molecule has 1 fully saturated rings. The average Bonchev–Trinajstić information content (AvgIpc) is 1.72. The Morgan fingerprint density at radius 1 is 0.578 bits per heavy atom. The smallest absolute Gasteiger partial charge is 0.305 e. The highest BCUT2D eigenvalue weighted by Crippen LogP contribution is 2.25. The van der Waals surface area contributed by atoms with Gasteiger partial charge in [-0.2, -0.15) is 0 Å². The molecule has 1 aliphatic rings. The molecule has 14 amide bonds. The van der Waals surface area contributed by atoms with Crippen LogP contribution in [0.5, 0.6) is 0 Å². The van der Waals surface area contributed by atoms with E-state index >= 15 is 4.79 Å². The number of nitrogens with one attached hydrogen (secondary N) is 17. The minimum absolute atomic E-state index is 0.00663. The number of guanidine groups is 1. The number of aromatic nitrogens is 4. The molecule has 11 atom stereocenters. The van der Waals surface area contributed by atoms with Gasteiger partial charge in [0.25, 0.3) is 0 Å². The molecule has 1 aliphatic heterocycles. The van der Waals surface area contributed by atoms with Gasteiger partial charge in [0.05, 0.1) is 31.9 Å². The number of hydrogen-bond donors (Lipinski definition) is 22. The fourth-order valence-corrected chi connectivity index (χ4v) is 13.9. The molecule has 5 aromatic rings. The first kappa shape index (κ1) is 86.6. The van der Waals surface area contributed by atoms with Crippen LogP contribution in [0.15, 0.2) is 73.4 Å². The Morgan fingerprint density at radius 2 is 1.08 bits per heavy atom. The van der Waals surface area contributed by atoms with Gasteiger partial charge in [0.15, 0.2) is 5.96 Å². The number of rotatable bonds is 24. The van der Waals surface area contributed by atoms with Crippen LogP contribution < -0.4 is 92.1 Å². The summed E-state index contributed by atoms with van der Waals surface area (Å²) in [6.45, 7) is 8.21. The Morgan fingerprint density at radius 3 is 1.63 bits per heavy atom. The molecule has 40 heteroatoms. The number of primary amides is 2. The number of aromatic amines is 3. The Hall–Kier alpha value is -11.3. The van der Waals surface area contributed by atoms with Crippen LogP contribution in [0, 0.1) is 23.2 Å². The number of hydrogen-bond acceptors (Lipinski definition) is 20. The lowest BCUT2D eigenvalue weighted by Crippen LogP contribution is -2.62. The van der Waals surface area contributed by atoms with Crippen molar-refractivity contribution in [3.63, 3.8) is 0 Å². The molecule has 0 bridgehead atoms. The van der Waals surface area contributed by atoms with Gasteiger partial charge in [0, 0.05) is 89.8 Å². The Bertz CT molecular complexity index is 4070. The van der Waals surface area contributed by atoms with Gasteiger partial charge in [-0.25, -0.2) is 4.98 Å². The van der Waals surface area contributed by atoms with Crippen LogP contribution in [0.1, 0.15) is 96.9 Å². The molecule has 109 heavy (non-hydrogen) atoms. The number of carbonyl (C=O) groups is 15. The first-order valence-corrected chi connectivity index (χ1v) is 37.7. The van der Waals surface area contributed by atoms with Crippen molar-refractivity contribution in [1.82, 2.24) is 89.1 Å². The highest BCUT2D eigenvalue weighted by Gasteiger charge is 2.39. The minimum Gasteiger partial charge on any atom is -0.481 e. The van der Waals surface area contributed by atoms with Crippen LogP contribution in [0.4, 0.5) is 0 Å². The summed E-state index contributed by atoms with van der Waals surface area (Å²) in [4.78, 5) is 224. The maximum atomic E-state index is 15.1. The summed E-state index contributed by atoms with van der Waals surface area (Å²) in [5.41, 5.74) is 25.2. The molecule has 1 saturated heterocycles. The highest BCUT2D eigenvalue weighted by atomic mass is 33.1. The summed E-state index contributed by atoms with van der Waals surface area (Å²) in [6, 6.07) is -3.53. The van der Waals surface area contributed by atoms with Crippen molar-refractivity contribution in [2.24, 2.45) is 40.7 Å². The van der Waals surface area contributed by atoms with Gasteiger partial charge in [-0.05, 0) is 66.7 Å². The SMILES string of the molecule is CC(C)C[C@H](N)C(=O)N[C@H]1CSSC[C@@H](C(=O)NCC(N)=O)NC(=O)[C@H](CCCNC(=N)N)NC(=O)[C@H](Cc2cnc[nH]2)NC(=O)[C@H](Cc2c[nH]c3ccccc23)NC(=O)CNC(=O)[C@H](Cc2c[nH]c3ccccc23)NC(=O)[C@H](CC(=O)O)NC(=O)[C@H](CCC(N)=O)NC(=O)[C@H](C(C)C)NC(=O)[C@H](C(C)C)NC1=O. The molecule has 0 radical (unpaired) electrons. The molecule has 2 aromatic carbocycles. The van der Waals surface area contributed by atoms with E-state index in [1.54, 1.807) is 74.8 Å². The fourth-order valence-electron chi connectivity index (χ4n) is 11.5. The van der Waals surface area contributed by atoms with Crippen molar-refractivity contribution in [2.75, 3.05) is 31.1 Å². The number of fused-ring (bicyclic) bond motifs is 2. The van der Waals surface area contributed by atoms with Crippen molar-refractivity contribution in [3.8, 4) is 0 Å². The van der Waals surface area contributed by atoms with Crippen molar-refractivity contribution in [1.29, 1.82) is 5.41 Å². The molecule has 4 heterocycles. The van der Waals surface area contributed by atoms with Gasteiger partial charge < -0.3 is 112 Å². The minimum atomic E-state index is -2.03. The molecule has 3 aromatic heterocycles. The lowest BCUT2D eigenvalue weighted by molar-refractivity contribution is -0.141. The van der Waals surface area contributed by atoms with Crippen LogP contribution >= 0.6 is 21.6 Å². The monoisotopic (exact) mass is 1550 g/mol. The van der Waals surface area contributed by atoms with Gasteiger partial charge in [-0.1, -0.05) is 99.5 Å². The van der Waals surface area contributed by atoms with Crippen molar-refractivity contribution < 1.29 is 77.0 Å². The van der Waals surface area contributed by atoms with Gasteiger partial charge >= 0.3 is 5.97 Å². The fraction of sp³-hybridized carbons (Fsp3) is 0.493. The normalized spacial score (nSPS) is 22.3. The van der Waals surface area contributed by atoms with Gasteiger partial charge in [0.2, 0.25) is 82.7 Å². The predicted molar refractivity (Wildman–Crippen MR) is 403 cm³/mol. The van der Waals surface area contributed by atoms with E-state index in [0.29, 0.717) is 38.6 Å². The summed E-state index contributed by atoms with van der Waals surface area (Å²) >= 11 is 0. The van der Waals surface area contributed by atoms with Gasteiger partial charge in [0.1, 0.15) is 60.4 Å². The first-order chi connectivity index (χ1) is 51.7. The Kier molecular flexibility index (Phi) is 33.6. The zero-order valence-electron chi connectivity index (χ0n) is 61.1. The number of carbonyl (C=O) groups excluding carboxylic acids is 14. The number of benzene rings is 2. The van der Waals surface area contributed by atoms with E-state index in [-0.39, 0.29) is 62.5 Å². The highest BCUT2D eigenvalue weighted by molar-refractivity contribution is 8.76. The second-order valence-electron chi connectivity index (χ2n) is 27.2. The van der Waals surface area contributed by atoms with Crippen LogP contribution in [-0.2, 0) is 91.2 Å². The number of H-pyrrole nitrogens is 3. The number of carboxylic acid groups (broad SMARTS) is 1. The second kappa shape index (κ2) is 42.3. The van der Waals surface area contributed by atoms with E-state index in [1.807, 2.05) is 13.8 Å². The van der Waals surface area contributed by atoms with Crippen molar-refractivity contribution in [3.05, 3.63) is 90.3 Å². The number of para-hydroxylation sites is 2. The molecule has 592 valence electrons. The van der Waals surface area contributed by atoms with Gasteiger partial charge in [-0.15, -0.1) is 0 Å². The van der Waals surface area contributed by atoms with E-state index in [9.17, 15) is 72.2 Å². The Labute approximate surface area is 634 Å². The van der Waals surface area contributed by atoms with E-state index in [0.717, 1.165) is 21.6 Å². The maximum Gasteiger partial charge on any atom is 0.305 e. The van der Waals surface area contributed by atoms with Crippen LogP contribution in [0.2, 0.25) is 0 Å². The number of nitrogens with two attached hydrogens (primary N) is 4. The molecule has 38 nitrogen and oxygen atoms in total. The summed E-state index contributed by atoms with van der Waals surface area (Å²) in [7, 11) is 1.80. The third kappa shape index (κ3) is 27.8. The quantitative estimate of drug-likeness (QED) is 0.0121. The molecular weight excluding hydrogens is 1460 g/mol. The molecule has 0 spiro atoms. The molecule has 0 saturated carbocycles. The maximum absolute atomic E-state index is 15.1. The van der Waals surface area contributed by atoms with E-state index in [4.69, 9.17) is 28.3 Å². The third-order valence-electron chi connectivity index (χ3n) is 17.3. The van der Waals surface area contributed by atoms with E-state index in [2.05, 4.69) is 89.1 Å². The Balaban J connectivity index is 1.45. The second-order valence-corrected chi connectivity index (χ2v) is 29.8. The summed E-state index contributed by atoms with van der Waals surface area (Å²) < 4.78 is 0. The van der Waals surface area contributed by atoms with Crippen LogP contribution in [-0.4, -0.2) is 217 Å². The predicted octanol–water partition coefficient (Wildman–Crippen LogP) is -3.95. The summed E-state index contributed by atoms with van der Waals surface area (Å²) in [6.07, 6.45) is 2.65. The molecular formula is C69H98N22O16S2. The number of imidazole rings is 1. The zero-order chi connectivity index (χ0) is 80.2. The molecule has 6 rings (SSSR count). The summed E-state index contributed by atoms with van der Waals surface area (Å²) in [5.74, 6) is -18.3. The first-order valence-electron chi connectivity index (χ1n) is 35.2. The topological polar surface area (TPSA) is 621 Å². The van der Waals surface area contributed by atoms with E-state index in [1.165, 1.54) is 26.4 Å². The lowest BCUT2D eigenvalue weighted by atomic mass is 9.98. The van der Waals surface area contributed by atoms with Crippen molar-refractivity contribution in [2.45, 2.75) is 166 Å². The molecule has 0 aliphatic carbocycles. The van der Waals surface area contributed by atoms with Crippen molar-refractivity contribution >= 4 is 138 Å². The number of carboxylic acids is 1. The number of amides is 14. The standard InChI is InChI=1S/C69H98N22O16S2/c1-33(2)20-41(70)58(97)88-51-31-109-108-30-50(60(99)79-28-53(72)93)89-61(100)44(16-11-19-76-69(73)74)83-64(103)48(23-38-27-75-32-81-38)86-63(102)47(22-37-26-78-43-15-10-8-13-40(37)43)82-54(94)29-80-59(98)46(21-36-25-77-42-14-9-7-12-39(36)42)85-65(104)49(24-55(95)96)87-62(101)45(17-18-52(71)92)84-67(106)56(34(3)4)91-68(107)57(35(5)6)90-66(51)105/h7-10,12-15,25-27,32-35,41,44-51,56-57,77-78H,11,16-24,28-31,70H2,1-6H3,(H2,71,92)(H2,72,93)(H,75,81)(H,79,99)(H,80,98)(H,82,94)(H,83,103)(H,84,106)(H,85,104)(H,86,102)(H,87,101)(H,88,97)(H,89,100)(H,90,105)(H,91,107)(H,95,96)(H4,73,74,76)/t41-,44-,45-,46-,47-,48-,49-,50-,51-,56-,57-/m0/s1. The zero-order valence-corrected chi connectivity index (χ0v) is 62.7.